The maximum atomic E-state index is 5.49. The fourth-order valence-corrected chi connectivity index (χ4v) is 3.91. The minimum atomic E-state index is 0.125. The van der Waals surface area contributed by atoms with E-state index in [4.69, 9.17) is 9.72 Å². The smallest absolute Gasteiger partial charge is 0.131 e. The zero-order chi connectivity index (χ0) is 17.9. The summed E-state index contributed by atoms with van der Waals surface area (Å²) in [4.78, 5) is 7.58. The molecule has 0 radical (unpaired) electrons. The average Bonchev–Trinajstić information content (AvgIpc) is 3.07. The summed E-state index contributed by atoms with van der Waals surface area (Å²) in [5.41, 5.74) is 3.50. The fourth-order valence-electron chi connectivity index (χ4n) is 3.91. The lowest BCUT2D eigenvalue weighted by Crippen LogP contribution is -2.46. The predicted octanol–water partition coefficient (Wildman–Crippen LogP) is 3.06. The predicted molar refractivity (Wildman–Crippen MR) is 105 cm³/mol. The Morgan fingerprint density at radius 1 is 1.12 bits per heavy atom. The first-order valence-electron chi connectivity index (χ1n) is 9.35. The number of imidazole rings is 1. The second-order valence-corrected chi connectivity index (χ2v) is 6.67. The van der Waals surface area contributed by atoms with E-state index in [1.165, 1.54) is 11.1 Å². The Bertz CT molecular complexity index is 883. The van der Waals surface area contributed by atoms with E-state index in [1.807, 2.05) is 6.07 Å². The number of piperazine rings is 1. The molecule has 1 unspecified atom stereocenters. The lowest BCUT2D eigenvalue weighted by molar-refractivity contribution is 0.189. The molecule has 1 saturated heterocycles. The summed E-state index contributed by atoms with van der Waals surface area (Å²) in [5, 5.41) is 3.46. The third kappa shape index (κ3) is 3.08. The Kier molecular flexibility index (Phi) is 4.91. The van der Waals surface area contributed by atoms with Crippen LogP contribution in [0.2, 0.25) is 0 Å². The molecule has 0 spiro atoms. The number of hydrogen-bond donors (Lipinski definition) is 1. The molecule has 1 N–H and O–H groups in total. The third-order valence-electron chi connectivity index (χ3n) is 5.17. The van der Waals surface area contributed by atoms with Crippen molar-refractivity contribution in [3.63, 3.8) is 0 Å². The van der Waals surface area contributed by atoms with Gasteiger partial charge in [-0.1, -0.05) is 24.3 Å². The van der Waals surface area contributed by atoms with Crippen LogP contribution in [0.1, 0.15) is 24.4 Å². The third-order valence-corrected chi connectivity index (χ3v) is 5.17. The van der Waals surface area contributed by atoms with E-state index in [9.17, 15) is 0 Å². The molecular weight excluding hydrogens is 324 g/mol. The van der Waals surface area contributed by atoms with E-state index in [1.54, 1.807) is 7.11 Å². The van der Waals surface area contributed by atoms with Crippen LogP contribution in [0.4, 0.5) is 0 Å². The van der Waals surface area contributed by atoms with Gasteiger partial charge in [0, 0.05) is 32.7 Å². The number of nitrogens with zero attached hydrogens (tertiary/aromatic N) is 3. The Labute approximate surface area is 154 Å². The Balaban J connectivity index is 1.87. The second kappa shape index (κ2) is 7.48. The van der Waals surface area contributed by atoms with Crippen LogP contribution >= 0.6 is 0 Å². The largest absolute Gasteiger partial charge is 0.497 e. The Morgan fingerprint density at radius 2 is 1.92 bits per heavy atom. The SMILES string of the molecule is CCn1c(C(c2cccc(OC)c2)N2CCNCC2)nc2ccccc21. The van der Waals surface area contributed by atoms with Crippen molar-refractivity contribution in [2.45, 2.75) is 19.5 Å². The molecule has 1 aliphatic heterocycles. The van der Waals surface area contributed by atoms with Crippen molar-refractivity contribution < 1.29 is 4.74 Å². The van der Waals surface area contributed by atoms with Crippen molar-refractivity contribution in [3.8, 4) is 5.75 Å². The normalized spacial score (nSPS) is 16.7. The molecule has 136 valence electrons. The molecule has 0 amide bonds. The molecule has 2 heterocycles. The summed E-state index contributed by atoms with van der Waals surface area (Å²) in [5.74, 6) is 2.01. The molecule has 0 aliphatic carbocycles. The molecule has 2 aromatic carbocycles. The van der Waals surface area contributed by atoms with E-state index < -0.39 is 0 Å². The first-order valence-corrected chi connectivity index (χ1v) is 9.35. The molecule has 5 nitrogen and oxygen atoms in total. The van der Waals surface area contributed by atoms with Crippen LogP contribution in [0.5, 0.6) is 5.75 Å². The summed E-state index contributed by atoms with van der Waals surface area (Å²) in [6, 6.07) is 16.9. The number of nitrogens with one attached hydrogen (secondary N) is 1. The number of ether oxygens (including phenoxy) is 1. The molecule has 0 saturated carbocycles. The number of hydrogen-bond acceptors (Lipinski definition) is 4. The topological polar surface area (TPSA) is 42.3 Å². The van der Waals surface area contributed by atoms with Crippen molar-refractivity contribution >= 4 is 11.0 Å². The van der Waals surface area contributed by atoms with Gasteiger partial charge in [-0.05, 0) is 36.8 Å². The first-order chi connectivity index (χ1) is 12.8. The van der Waals surface area contributed by atoms with E-state index in [2.05, 4.69) is 64.2 Å². The maximum absolute atomic E-state index is 5.49. The lowest BCUT2D eigenvalue weighted by Gasteiger charge is -2.35. The molecule has 1 atom stereocenters. The first kappa shape index (κ1) is 17.1. The van der Waals surface area contributed by atoms with Gasteiger partial charge in [0.2, 0.25) is 0 Å². The Morgan fingerprint density at radius 3 is 2.69 bits per heavy atom. The average molecular weight is 350 g/mol. The van der Waals surface area contributed by atoms with Crippen LogP contribution < -0.4 is 10.1 Å². The summed E-state index contributed by atoms with van der Waals surface area (Å²) in [7, 11) is 1.72. The van der Waals surface area contributed by atoms with Gasteiger partial charge in [-0.15, -0.1) is 0 Å². The van der Waals surface area contributed by atoms with E-state index in [-0.39, 0.29) is 6.04 Å². The monoisotopic (exact) mass is 350 g/mol. The highest BCUT2D eigenvalue weighted by Crippen LogP contribution is 2.32. The van der Waals surface area contributed by atoms with Crippen LogP contribution in [0.3, 0.4) is 0 Å². The molecule has 4 rings (SSSR count). The molecule has 1 aromatic heterocycles. The summed E-state index contributed by atoms with van der Waals surface area (Å²) >= 11 is 0. The van der Waals surface area contributed by atoms with Gasteiger partial charge < -0.3 is 14.6 Å². The summed E-state index contributed by atoms with van der Waals surface area (Å²) in [6.45, 7) is 7.13. The number of aryl methyl sites for hydroxylation is 1. The van der Waals surface area contributed by atoms with Crippen LogP contribution in [-0.4, -0.2) is 47.7 Å². The maximum Gasteiger partial charge on any atom is 0.131 e. The minimum absolute atomic E-state index is 0.125. The van der Waals surface area contributed by atoms with Gasteiger partial charge in [0.15, 0.2) is 0 Å². The number of benzene rings is 2. The zero-order valence-corrected chi connectivity index (χ0v) is 15.5. The van der Waals surface area contributed by atoms with Crippen LogP contribution in [0, 0.1) is 0 Å². The van der Waals surface area contributed by atoms with Gasteiger partial charge in [0.05, 0.1) is 24.2 Å². The molecule has 3 aromatic rings. The molecular formula is C21H26N4O. The highest BCUT2D eigenvalue weighted by molar-refractivity contribution is 5.76. The number of aromatic nitrogens is 2. The highest BCUT2D eigenvalue weighted by Gasteiger charge is 2.28. The van der Waals surface area contributed by atoms with Crippen LogP contribution in [0.15, 0.2) is 48.5 Å². The number of fused-ring (bicyclic) bond motifs is 1. The van der Waals surface area contributed by atoms with Crippen LogP contribution in [-0.2, 0) is 6.54 Å². The van der Waals surface area contributed by atoms with E-state index >= 15 is 0 Å². The van der Waals surface area contributed by atoms with Crippen molar-refractivity contribution in [3.05, 3.63) is 59.9 Å². The van der Waals surface area contributed by atoms with Gasteiger partial charge in [0.25, 0.3) is 0 Å². The molecule has 5 heteroatoms. The minimum Gasteiger partial charge on any atom is -0.497 e. The standard InChI is InChI=1S/C21H26N4O/c1-3-25-19-10-5-4-9-18(19)23-21(25)20(24-13-11-22-12-14-24)16-7-6-8-17(15-16)26-2/h4-10,15,20,22H,3,11-14H2,1-2H3. The van der Waals surface area contributed by atoms with Gasteiger partial charge in [-0.3, -0.25) is 4.90 Å². The number of para-hydroxylation sites is 2. The van der Waals surface area contributed by atoms with Crippen molar-refractivity contribution in [2.24, 2.45) is 0 Å². The quantitative estimate of drug-likeness (QED) is 0.768. The second-order valence-electron chi connectivity index (χ2n) is 6.67. The fraction of sp³-hybridized carbons (Fsp3) is 0.381. The van der Waals surface area contributed by atoms with Gasteiger partial charge in [-0.2, -0.15) is 0 Å². The highest BCUT2D eigenvalue weighted by atomic mass is 16.5. The summed E-state index contributed by atoms with van der Waals surface area (Å²) < 4.78 is 7.83. The van der Waals surface area contributed by atoms with Gasteiger partial charge in [-0.25, -0.2) is 4.98 Å². The molecule has 26 heavy (non-hydrogen) atoms. The van der Waals surface area contributed by atoms with E-state index in [0.717, 1.165) is 49.8 Å². The van der Waals surface area contributed by atoms with E-state index in [0.29, 0.717) is 0 Å². The lowest BCUT2D eigenvalue weighted by atomic mass is 10.0. The molecule has 0 bridgehead atoms. The van der Waals surface area contributed by atoms with Crippen LogP contribution in [0.25, 0.3) is 11.0 Å². The van der Waals surface area contributed by atoms with Gasteiger partial charge in [0.1, 0.15) is 11.6 Å². The number of methoxy groups -OCH3 is 1. The molecule has 1 aliphatic rings. The summed E-state index contributed by atoms with van der Waals surface area (Å²) in [6.07, 6.45) is 0. The molecule has 1 fully saturated rings. The van der Waals surface area contributed by atoms with Gasteiger partial charge >= 0.3 is 0 Å². The van der Waals surface area contributed by atoms with Crippen molar-refractivity contribution in [2.75, 3.05) is 33.3 Å². The Hall–Kier alpha value is -2.37. The zero-order valence-electron chi connectivity index (χ0n) is 15.5. The number of rotatable bonds is 5. The van der Waals surface area contributed by atoms with Crippen molar-refractivity contribution in [1.82, 2.24) is 19.8 Å². The van der Waals surface area contributed by atoms with Crippen molar-refractivity contribution in [1.29, 1.82) is 0 Å².